The number of nitrogens with one attached hydrogen (secondary N) is 1. The second kappa shape index (κ2) is 6.50. The van der Waals surface area contributed by atoms with Gasteiger partial charge in [0.15, 0.2) is 23.3 Å². The predicted octanol–water partition coefficient (Wildman–Crippen LogP) is 5.40. The van der Waals surface area contributed by atoms with Gasteiger partial charge in [-0.15, -0.1) is 0 Å². The van der Waals surface area contributed by atoms with Crippen molar-refractivity contribution in [3.8, 4) is 11.1 Å². The van der Waals surface area contributed by atoms with Crippen LogP contribution in [0, 0.1) is 29.1 Å². The number of hydrazone groups is 1. The van der Waals surface area contributed by atoms with Crippen LogP contribution in [0.25, 0.3) is 11.1 Å². The summed E-state index contributed by atoms with van der Waals surface area (Å²) in [6.07, 6.45) is 1.31. The first-order valence-corrected chi connectivity index (χ1v) is 7.99. The van der Waals surface area contributed by atoms with E-state index in [0.29, 0.717) is 11.9 Å². The van der Waals surface area contributed by atoms with Crippen LogP contribution in [-0.4, -0.2) is 6.21 Å². The fourth-order valence-electron chi connectivity index (χ4n) is 3.12. The molecule has 0 saturated carbocycles. The van der Waals surface area contributed by atoms with Gasteiger partial charge in [0.25, 0.3) is 0 Å². The highest BCUT2D eigenvalue weighted by Gasteiger charge is 2.24. The summed E-state index contributed by atoms with van der Waals surface area (Å²) in [7, 11) is 0. The lowest BCUT2D eigenvalue weighted by Gasteiger charge is -2.06. The van der Waals surface area contributed by atoms with Gasteiger partial charge in [0.1, 0.15) is 0 Å². The Morgan fingerprint density at radius 1 is 0.741 bits per heavy atom. The lowest BCUT2D eigenvalue weighted by molar-refractivity contribution is 0.377. The molecule has 1 N–H and O–H groups in total. The maximum absolute atomic E-state index is 13.6. The quantitative estimate of drug-likeness (QED) is 0.168. The zero-order valence-electron chi connectivity index (χ0n) is 13.7. The second-order valence-electron chi connectivity index (χ2n) is 6.06. The largest absolute Gasteiger partial charge is 0.278 e. The van der Waals surface area contributed by atoms with E-state index in [4.69, 9.17) is 0 Å². The minimum Gasteiger partial charge on any atom is -0.278 e. The summed E-state index contributed by atoms with van der Waals surface area (Å²) in [5, 5.41) is 3.61. The highest BCUT2D eigenvalue weighted by atomic mass is 19.2. The summed E-state index contributed by atoms with van der Waals surface area (Å²) < 4.78 is 66.7. The number of halogens is 5. The van der Waals surface area contributed by atoms with Crippen LogP contribution < -0.4 is 5.43 Å². The Labute approximate surface area is 151 Å². The lowest BCUT2D eigenvalue weighted by Crippen LogP contribution is -2.07. The minimum atomic E-state index is -2.20. The molecule has 0 fully saturated rings. The molecule has 2 nitrogen and oxygen atoms in total. The third-order valence-electron chi connectivity index (χ3n) is 4.42. The van der Waals surface area contributed by atoms with Crippen LogP contribution in [0.1, 0.15) is 16.7 Å². The number of fused-ring (bicyclic) bond motifs is 3. The van der Waals surface area contributed by atoms with Gasteiger partial charge in [0.2, 0.25) is 5.82 Å². The Hall–Kier alpha value is -3.22. The predicted molar refractivity (Wildman–Crippen MR) is 92.1 cm³/mol. The summed E-state index contributed by atoms with van der Waals surface area (Å²) in [5.41, 5.74) is 6.44. The van der Waals surface area contributed by atoms with Crippen LogP contribution in [0.3, 0.4) is 0 Å². The van der Waals surface area contributed by atoms with E-state index in [2.05, 4.69) is 10.5 Å². The molecule has 0 saturated heterocycles. The summed E-state index contributed by atoms with van der Waals surface area (Å²) in [4.78, 5) is 0. The molecule has 0 spiro atoms. The number of hydrogen-bond acceptors (Lipinski definition) is 2. The Balaban J connectivity index is 1.58. The number of nitrogens with zero attached hydrogens (tertiary/aromatic N) is 1. The molecule has 136 valence electrons. The molecule has 0 atom stereocenters. The molecular weight excluding hydrogens is 363 g/mol. The molecule has 1 aliphatic carbocycles. The van der Waals surface area contributed by atoms with Gasteiger partial charge in [-0.1, -0.05) is 30.3 Å². The first-order valence-electron chi connectivity index (χ1n) is 7.99. The van der Waals surface area contributed by atoms with Gasteiger partial charge in [-0.05, 0) is 40.8 Å². The van der Waals surface area contributed by atoms with Gasteiger partial charge in [0.05, 0.1) is 17.5 Å². The van der Waals surface area contributed by atoms with E-state index in [-0.39, 0.29) is 0 Å². The van der Waals surface area contributed by atoms with Crippen molar-refractivity contribution < 1.29 is 22.0 Å². The molecule has 0 radical (unpaired) electrons. The minimum absolute atomic E-state index is 0.529. The summed E-state index contributed by atoms with van der Waals surface area (Å²) >= 11 is 0. The van der Waals surface area contributed by atoms with Gasteiger partial charge >= 0.3 is 0 Å². The van der Waals surface area contributed by atoms with Crippen LogP contribution in [0.15, 0.2) is 47.6 Å². The fourth-order valence-corrected chi connectivity index (χ4v) is 3.12. The summed E-state index contributed by atoms with van der Waals surface area (Å²) in [6.45, 7) is 0. The topological polar surface area (TPSA) is 24.4 Å². The van der Waals surface area contributed by atoms with Crippen molar-refractivity contribution in [2.45, 2.75) is 6.42 Å². The van der Waals surface area contributed by atoms with Gasteiger partial charge < -0.3 is 0 Å². The maximum Gasteiger partial charge on any atom is 0.200 e. The van der Waals surface area contributed by atoms with Crippen molar-refractivity contribution in [2.24, 2.45) is 5.10 Å². The van der Waals surface area contributed by atoms with Gasteiger partial charge in [-0.2, -0.15) is 5.10 Å². The average Bonchev–Trinajstić information content (AvgIpc) is 3.05. The highest BCUT2D eigenvalue weighted by molar-refractivity contribution is 5.82. The first-order chi connectivity index (χ1) is 13.0. The van der Waals surface area contributed by atoms with Gasteiger partial charge in [0, 0.05) is 0 Å². The van der Waals surface area contributed by atoms with E-state index < -0.39 is 34.6 Å². The van der Waals surface area contributed by atoms with Crippen LogP contribution in [-0.2, 0) is 6.42 Å². The normalized spacial score (nSPS) is 12.3. The first kappa shape index (κ1) is 17.2. The third-order valence-corrected chi connectivity index (χ3v) is 4.42. The van der Waals surface area contributed by atoms with Crippen molar-refractivity contribution >= 4 is 11.9 Å². The standard InChI is InChI=1S/C20H11F5N2/c21-16-15(17(22)19(24)20(25)18(16)23)9-26-27-12-5-6-14-11(8-12)7-10-3-1-2-4-13(10)14/h1-6,8-9,27H,7H2/b26-9+. The smallest absolute Gasteiger partial charge is 0.200 e. The maximum atomic E-state index is 13.6. The third kappa shape index (κ3) is 2.85. The van der Waals surface area contributed by atoms with Crippen LogP contribution in [0.2, 0.25) is 0 Å². The Kier molecular flexibility index (Phi) is 4.14. The monoisotopic (exact) mass is 374 g/mol. The molecule has 0 heterocycles. The average molecular weight is 374 g/mol. The van der Waals surface area contributed by atoms with Crippen molar-refractivity contribution in [1.82, 2.24) is 0 Å². The molecule has 27 heavy (non-hydrogen) atoms. The molecule has 0 bridgehead atoms. The zero-order valence-corrected chi connectivity index (χ0v) is 13.7. The van der Waals surface area contributed by atoms with Crippen molar-refractivity contribution in [3.63, 3.8) is 0 Å². The van der Waals surface area contributed by atoms with Crippen molar-refractivity contribution in [1.29, 1.82) is 0 Å². The highest BCUT2D eigenvalue weighted by Crippen LogP contribution is 2.37. The molecule has 1 aliphatic rings. The van der Waals surface area contributed by atoms with Crippen LogP contribution in [0.5, 0.6) is 0 Å². The lowest BCUT2D eigenvalue weighted by atomic mass is 10.1. The van der Waals surface area contributed by atoms with Gasteiger partial charge in [-0.25, -0.2) is 22.0 Å². The van der Waals surface area contributed by atoms with Crippen molar-refractivity contribution in [2.75, 3.05) is 5.43 Å². The Morgan fingerprint density at radius 2 is 1.37 bits per heavy atom. The SMILES string of the molecule is Fc1c(F)c(F)c(/C=N/Nc2ccc3c(c2)Cc2ccccc2-3)c(F)c1F. The molecule has 0 amide bonds. The molecular formula is C20H11F5N2. The molecule has 4 rings (SSSR count). The number of anilines is 1. The van der Waals surface area contributed by atoms with E-state index in [9.17, 15) is 22.0 Å². The van der Waals surface area contributed by atoms with E-state index in [1.165, 1.54) is 5.56 Å². The van der Waals surface area contributed by atoms with E-state index in [1.54, 1.807) is 6.07 Å². The van der Waals surface area contributed by atoms with E-state index in [0.717, 1.165) is 23.1 Å². The summed E-state index contributed by atoms with van der Waals surface area (Å²) in [6, 6.07) is 13.4. The van der Waals surface area contributed by atoms with E-state index in [1.807, 2.05) is 36.4 Å². The van der Waals surface area contributed by atoms with E-state index >= 15 is 0 Å². The Morgan fingerprint density at radius 3 is 2.11 bits per heavy atom. The fraction of sp³-hybridized carbons (Fsp3) is 0.0500. The molecule has 0 unspecified atom stereocenters. The molecule has 0 aliphatic heterocycles. The summed E-state index contributed by atoms with van der Waals surface area (Å²) in [5.74, 6) is -10.1. The molecule has 7 heteroatoms. The van der Waals surface area contributed by atoms with Gasteiger partial charge in [-0.3, -0.25) is 5.43 Å². The molecule has 3 aromatic carbocycles. The molecule has 0 aromatic heterocycles. The second-order valence-corrected chi connectivity index (χ2v) is 6.06. The number of benzene rings is 3. The number of hydrogen-bond donors (Lipinski definition) is 1. The zero-order chi connectivity index (χ0) is 19.1. The van der Waals surface area contributed by atoms with Crippen molar-refractivity contribution in [3.05, 3.63) is 88.2 Å². The number of rotatable bonds is 3. The molecule has 3 aromatic rings. The van der Waals surface area contributed by atoms with Crippen LogP contribution >= 0.6 is 0 Å². The Bertz CT molecular complexity index is 1060. The van der Waals surface area contributed by atoms with Crippen LogP contribution in [0.4, 0.5) is 27.6 Å².